The van der Waals surface area contributed by atoms with E-state index in [4.69, 9.17) is 4.74 Å². The molecule has 0 aromatic heterocycles. The van der Waals surface area contributed by atoms with E-state index in [1.807, 2.05) is 18.2 Å². The molecule has 1 heterocycles. The lowest BCUT2D eigenvalue weighted by atomic mass is 9.85. The number of benzene rings is 2. The lowest BCUT2D eigenvalue weighted by molar-refractivity contribution is -0.152. The molecule has 0 unspecified atom stereocenters. The molecule has 0 saturated carbocycles. The molecule has 3 rings (SSSR count). The first-order chi connectivity index (χ1) is 14.7. The number of allylic oxidation sites excluding steroid dienone is 1. The summed E-state index contributed by atoms with van der Waals surface area (Å²) in [6, 6.07) is 12.2. The molecule has 1 aliphatic rings. The summed E-state index contributed by atoms with van der Waals surface area (Å²) < 4.78 is 10.00. The highest BCUT2D eigenvalue weighted by atomic mass is 16.5. The summed E-state index contributed by atoms with van der Waals surface area (Å²) in [6.07, 6.45) is 2.40. The van der Waals surface area contributed by atoms with Gasteiger partial charge in [0.1, 0.15) is 5.75 Å². The minimum absolute atomic E-state index is 0.119. The third-order valence-electron chi connectivity index (χ3n) is 4.88. The molecular weight excluding hydrogens is 396 g/mol. The summed E-state index contributed by atoms with van der Waals surface area (Å²) >= 11 is 0. The molecule has 31 heavy (non-hydrogen) atoms. The van der Waals surface area contributed by atoms with Crippen LogP contribution in [0.25, 0.3) is 5.70 Å². The Kier molecular flexibility index (Phi) is 6.44. The molecule has 0 atom stereocenters. The van der Waals surface area contributed by atoms with Crippen LogP contribution in [0.4, 0.5) is 5.69 Å². The largest absolute Gasteiger partial charge is 0.497 e. The molecule has 1 amide bonds. The summed E-state index contributed by atoms with van der Waals surface area (Å²) in [6.45, 7) is 5.91. The average Bonchev–Trinajstić information content (AvgIpc) is 2.73. The van der Waals surface area contributed by atoms with Crippen molar-refractivity contribution in [3.63, 3.8) is 0 Å². The van der Waals surface area contributed by atoms with Gasteiger partial charge in [-0.25, -0.2) is 4.79 Å². The van der Waals surface area contributed by atoms with Gasteiger partial charge < -0.3 is 20.1 Å². The van der Waals surface area contributed by atoms with Crippen LogP contribution in [-0.2, 0) is 20.7 Å². The fraction of sp³-hybridized carbons (Fsp3) is 0.292. The first-order valence-electron chi connectivity index (χ1n) is 10.0. The molecule has 1 aliphatic heterocycles. The van der Waals surface area contributed by atoms with E-state index < -0.39 is 11.9 Å². The lowest BCUT2D eigenvalue weighted by Crippen LogP contribution is -2.43. The number of ketones is 1. The Morgan fingerprint density at radius 1 is 1.13 bits per heavy atom. The van der Waals surface area contributed by atoms with E-state index in [1.54, 1.807) is 44.4 Å². The second-order valence-corrected chi connectivity index (χ2v) is 7.88. The molecule has 7 nitrogen and oxygen atoms in total. The van der Waals surface area contributed by atoms with Gasteiger partial charge in [0.15, 0.2) is 5.78 Å². The summed E-state index contributed by atoms with van der Waals surface area (Å²) in [5.41, 5.74) is 3.46. The van der Waals surface area contributed by atoms with Crippen molar-refractivity contribution in [2.24, 2.45) is 0 Å². The van der Waals surface area contributed by atoms with Crippen molar-refractivity contribution in [2.75, 3.05) is 19.0 Å². The number of fused-ring (bicyclic) bond motifs is 1. The van der Waals surface area contributed by atoms with E-state index in [2.05, 4.69) is 29.2 Å². The number of hydrogen-bond donors (Lipinski definition) is 2. The highest BCUT2D eigenvalue weighted by Gasteiger charge is 2.28. The number of esters is 1. The zero-order valence-corrected chi connectivity index (χ0v) is 18.1. The smallest absolute Gasteiger partial charge is 0.397 e. The Balaban J connectivity index is 1.82. The Morgan fingerprint density at radius 2 is 1.84 bits per heavy atom. The van der Waals surface area contributed by atoms with Gasteiger partial charge in [0, 0.05) is 34.1 Å². The fourth-order valence-electron chi connectivity index (χ4n) is 3.46. The van der Waals surface area contributed by atoms with Crippen LogP contribution in [0, 0.1) is 0 Å². The predicted octanol–water partition coefficient (Wildman–Crippen LogP) is 3.34. The quantitative estimate of drug-likeness (QED) is 0.332. The average molecular weight is 422 g/mol. The molecule has 0 spiro atoms. The van der Waals surface area contributed by atoms with Crippen LogP contribution < -0.4 is 15.4 Å². The first kappa shape index (κ1) is 22.1. The molecular formula is C24H26N2O5. The van der Waals surface area contributed by atoms with Crippen LogP contribution in [0.3, 0.4) is 0 Å². The summed E-state index contributed by atoms with van der Waals surface area (Å²) in [4.78, 5) is 36.1. The number of methoxy groups -OCH3 is 1. The fourth-order valence-corrected chi connectivity index (χ4v) is 3.46. The van der Waals surface area contributed by atoms with Crippen molar-refractivity contribution in [1.82, 2.24) is 5.32 Å². The van der Waals surface area contributed by atoms with Crippen molar-refractivity contribution in [1.29, 1.82) is 0 Å². The van der Waals surface area contributed by atoms with Crippen molar-refractivity contribution < 1.29 is 23.9 Å². The van der Waals surface area contributed by atoms with Gasteiger partial charge in [-0.2, -0.15) is 0 Å². The number of carbonyl (C=O) groups excluding carboxylic acids is 3. The summed E-state index contributed by atoms with van der Waals surface area (Å²) in [5.74, 6) is -1.27. The minimum Gasteiger partial charge on any atom is -0.497 e. The van der Waals surface area contributed by atoms with Gasteiger partial charge in [-0.1, -0.05) is 6.07 Å². The Hall–Kier alpha value is -3.61. The van der Waals surface area contributed by atoms with Gasteiger partial charge in [-0.3, -0.25) is 9.59 Å². The highest BCUT2D eigenvalue weighted by molar-refractivity contribution is 6.37. The van der Waals surface area contributed by atoms with Crippen LogP contribution in [0.1, 0.15) is 42.3 Å². The number of rotatable bonds is 5. The number of nitrogens with one attached hydrogen (secondary N) is 2. The highest BCUT2D eigenvalue weighted by Crippen LogP contribution is 2.32. The zero-order chi connectivity index (χ0) is 22.6. The third kappa shape index (κ3) is 5.31. The van der Waals surface area contributed by atoms with Gasteiger partial charge in [0.25, 0.3) is 0 Å². The monoisotopic (exact) mass is 422 g/mol. The molecule has 2 N–H and O–H groups in total. The second-order valence-electron chi connectivity index (χ2n) is 7.88. The van der Waals surface area contributed by atoms with E-state index in [0.717, 1.165) is 29.0 Å². The van der Waals surface area contributed by atoms with Crippen molar-refractivity contribution in [2.45, 2.75) is 32.7 Å². The lowest BCUT2D eigenvalue weighted by Gasteiger charge is -2.35. The van der Waals surface area contributed by atoms with Crippen LogP contribution in [0.15, 0.2) is 48.5 Å². The number of hydrogen-bond acceptors (Lipinski definition) is 6. The Bertz CT molecular complexity index is 1040. The number of ether oxygens (including phenoxy) is 2. The van der Waals surface area contributed by atoms with E-state index in [9.17, 15) is 14.4 Å². The first-order valence-corrected chi connectivity index (χ1v) is 10.0. The maximum Gasteiger partial charge on any atom is 0.397 e. The molecule has 162 valence electrons. The predicted molar refractivity (Wildman–Crippen MR) is 118 cm³/mol. The van der Waals surface area contributed by atoms with E-state index in [0.29, 0.717) is 11.3 Å². The van der Waals surface area contributed by atoms with Gasteiger partial charge >= 0.3 is 11.9 Å². The second kappa shape index (κ2) is 9.04. The van der Waals surface area contributed by atoms with Crippen molar-refractivity contribution in [3.8, 4) is 5.75 Å². The molecule has 0 bridgehead atoms. The van der Waals surface area contributed by atoms with Crippen LogP contribution in [0.5, 0.6) is 5.75 Å². The molecule has 0 fully saturated rings. The number of carbonyl (C=O) groups is 3. The van der Waals surface area contributed by atoms with E-state index in [1.165, 1.54) is 0 Å². The van der Waals surface area contributed by atoms with Gasteiger partial charge in [-0.15, -0.1) is 0 Å². The molecule has 0 radical (unpaired) electrons. The molecule has 2 aromatic carbocycles. The van der Waals surface area contributed by atoms with Crippen LogP contribution in [0.2, 0.25) is 0 Å². The maximum absolute atomic E-state index is 12.9. The van der Waals surface area contributed by atoms with Gasteiger partial charge in [-0.05, 0) is 69.2 Å². The normalized spacial score (nSPS) is 15.4. The SMILES string of the molecule is CCOC(=O)C(=O)Nc1ccc(C(=O)/C=C2\NC(C)(C)Cc3ccc(OC)cc32)cc1. The van der Waals surface area contributed by atoms with Gasteiger partial charge in [0.05, 0.1) is 13.7 Å². The molecule has 7 heteroatoms. The standard InChI is InChI=1S/C24H26N2O5/c1-5-31-23(29)22(28)25-17-9-6-15(7-10-17)21(27)13-20-19-12-18(30-4)11-8-16(19)14-24(2,3)26-20/h6-13,26H,5,14H2,1-4H3,(H,25,28)/b20-13-. The zero-order valence-electron chi connectivity index (χ0n) is 18.1. The van der Waals surface area contributed by atoms with Crippen molar-refractivity contribution >= 4 is 29.0 Å². The summed E-state index contributed by atoms with van der Waals surface area (Å²) in [5, 5.41) is 5.88. The van der Waals surface area contributed by atoms with E-state index >= 15 is 0 Å². The maximum atomic E-state index is 12.9. The molecule has 0 saturated heterocycles. The van der Waals surface area contributed by atoms with Crippen LogP contribution in [-0.4, -0.2) is 36.9 Å². The number of anilines is 1. The summed E-state index contributed by atoms with van der Waals surface area (Å²) in [7, 11) is 1.61. The minimum atomic E-state index is -0.951. The van der Waals surface area contributed by atoms with Crippen molar-refractivity contribution in [3.05, 3.63) is 65.2 Å². The van der Waals surface area contributed by atoms with Crippen LogP contribution >= 0.6 is 0 Å². The topological polar surface area (TPSA) is 93.7 Å². The molecule has 0 aliphatic carbocycles. The number of amides is 1. The molecule has 2 aromatic rings. The Morgan fingerprint density at radius 3 is 2.48 bits per heavy atom. The third-order valence-corrected chi connectivity index (χ3v) is 4.88. The van der Waals surface area contributed by atoms with E-state index in [-0.39, 0.29) is 17.9 Å². The van der Waals surface area contributed by atoms with Gasteiger partial charge in [0.2, 0.25) is 0 Å². The Labute approximate surface area is 181 Å².